The third-order valence-corrected chi connectivity index (χ3v) is 7.75. The molecule has 1 N–H and O–H groups in total. The van der Waals surface area contributed by atoms with Crippen LogP contribution in [0.5, 0.6) is 0 Å². The lowest BCUT2D eigenvalue weighted by Gasteiger charge is -2.39. The third kappa shape index (κ3) is 4.60. The second-order valence-electron chi connectivity index (χ2n) is 10.0. The Balaban J connectivity index is 1.52. The van der Waals surface area contributed by atoms with E-state index in [1.54, 1.807) is 0 Å². The summed E-state index contributed by atoms with van der Waals surface area (Å²) in [5.74, 6) is 0.975. The lowest BCUT2D eigenvalue weighted by Crippen LogP contribution is -2.41. The van der Waals surface area contributed by atoms with Gasteiger partial charge in [0.2, 0.25) is 0 Å². The molecule has 0 radical (unpaired) electrons. The maximum atomic E-state index is 13.1. The van der Waals surface area contributed by atoms with Gasteiger partial charge in [0.1, 0.15) is 0 Å². The molecule has 0 spiro atoms. The molecule has 176 valence electrons. The first kappa shape index (κ1) is 22.3. The van der Waals surface area contributed by atoms with E-state index in [0.717, 1.165) is 41.6 Å². The number of aromatic nitrogens is 5. The van der Waals surface area contributed by atoms with Gasteiger partial charge in [-0.2, -0.15) is 0 Å². The van der Waals surface area contributed by atoms with Crippen LogP contribution in [0.1, 0.15) is 100 Å². The highest BCUT2D eigenvalue weighted by Gasteiger charge is 2.33. The second kappa shape index (κ2) is 9.75. The van der Waals surface area contributed by atoms with Crippen LogP contribution in [0.15, 0.2) is 29.1 Å². The summed E-state index contributed by atoms with van der Waals surface area (Å²) in [6, 6.07) is 9.24. The van der Waals surface area contributed by atoms with Crippen LogP contribution in [0.3, 0.4) is 0 Å². The minimum atomic E-state index is 0.0115. The van der Waals surface area contributed by atoms with E-state index in [2.05, 4.69) is 56.1 Å². The Morgan fingerprint density at radius 1 is 1.09 bits per heavy atom. The zero-order valence-electron chi connectivity index (χ0n) is 20.0. The molecule has 0 bridgehead atoms. The number of tetrazole rings is 1. The predicted molar refractivity (Wildman–Crippen MR) is 130 cm³/mol. The van der Waals surface area contributed by atoms with Crippen molar-refractivity contribution >= 4 is 10.9 Å². The van der Waals surface area contributed by atoms with Crippen molar-refractivity contribution in [2.75, 3.05) is 0 Å². The first-order chi connectivity index (χ1) is 16.1. The fraction of sp³-hybridized carbons (Fsp3) is 0.615. The van der Waals surface area contributed by atoms with Crippen LogP contribution < -0.4 is 5.56 Å². The standard InChI is InChI=1S/C26H36N6O/c1-3-24(25-28-29-30-32(25)22-11-7-8-12-22)31(21-9-5-4-6-10-21)17-20-16-19-15-18(2)13-14-23(19)27-26(20)33/h13-16,21-22,24H,3-12,17H2,1-2H3,(H,27,33)/t24-/m1/s1. The van der Waals surface area contributed by atoms with Crippen molar-refractivity contribution in [2.24, 2.45) is 0 Å². The molecule has 7 nitrogen and oxygen atoms in total. The van der Waals surface area contributed by atoms with E-state index < -0.39 is 0 Å². The van der Waals surface area contributed by atoms with E-state index in [1.807, 2.05) is 12.1 Å². The zero-order valence-corrected chi connectivity index (χ0v) is 20.0. The zero-order chi connectivity index (χ0) is 22.8. The van der Waals surface area contributed by atoms with Crippen molar-refractivity contribution in [1.29, 1.82) is 0 Å². The maximum absolute atomic E-state index is 13.1. The SMILES string of the molecule is CC[C@H](c1nnnn1C1CCCC1)N(Cc1cc2cc(C)ccc2[nH]c1=O)C1CCCCC1. The number of benzene rings is 1. The van der Waals surface area contributed by atoms with Gasteiger partial charge in [-0.25, -0.2) is 4.68 Å². The highest BCUT2D eigenvalue weighted by molar-refractivity contribution is 5.79. The fourth-order valence-corrected chi connectivity index (χ4v) is 5.99. The normalized spacial score (nSPS) is 19.0. The molecule has 1 aromatic carbocycles. The maximum Gasteiger partial charge on any atom is 0.252 e. The second-order valence-corrected chi connectivity index (χ2v) is 10.0. The van der Waals surface area contributed by atoms with Crippen LogP contribution in [-0.4, -0.2) is 36.1 Å². The van der Waals surface area contributed by atoms with Gasteiger partial charge in [0.25, 0.3) is 5.56 Å². The predicted octanol–water partition coefficient (Wildman–Crippen LogP) is 5.22. The number of nitrogens with one attached hydrogen (secondary N) is 1. The van der Waals surface area contributed by atoms with E-state index in [9.17, 15) is 4.79 Å². The molecule has 2 aromatic heterocycles. The molecule has 2 aliphatic rings. The molecule has 0 aliphatic heterocycles. The minimum Gasteiger partial charge on any atom is -0.322 e. The number of fused-ring (bicyclic) bond motifs is 1. The fourth-order valence-electron chi connectivity index (χ4n) is 5.99. The smallest absolute Gasteiger partial charge is 0.252 e. The summed E-state index contributed by atoms with van der Waals surface area (Å²) in [5.41, 5.74) is 2.94. The lowest BCUT2D eigenvalue weighted by atomic mass is 9.92. The summed E-state index contributed by atoms with van der Waals surface area (Å²) in [7, 11) is 0. The van der Waals surface area contributed by atoms with Gasteiger partial charge in [0.15, 0.2) is 5.82 Å². The Labute approximate surface area is 195 Å². The van der Waals surface area contributed by atoms with Crippen LogP contribution in [0.25, 0.3) is 10.9 Å². The molecule has 2 saturated carbocycles. The molecule has 0 amide bonds. The molecule has 2 aliphatic carbocycles. The molecule has 5 rings (SSSR count). The number of hydrogen-bond donors (Lipinski definition) is 1. The summed E-state index contributed by atoms with van der Waals surface area (Å²) < 4.78 is 2.10. The minimum absolute atomic E-state index is 0.0115. The van der Waals surface area contributed by atoms with Gasteiger partial charge in [0.05, 0.1) is 12.1 Å². The summed E-state index contributed by atoms with van der Waals surface area (Å²) in [4.78, 5) is 18.7. The van der Waals surface area contributed by atoms with E-state index in [0.29, 0.717) is 18.6 Å². The monoisotopic (exact) mass is 448 g/mol. The Morgan fingerprint density at radius 2 is 1.85 bits per heavy atom. The molecule has 0 unspecified atom stereocenters. The van der Waals surface area contributed by atoms with Crippen LogP contribution >= 0.6 is 0 Å². The molecule has 33 heavy (non-hydrogen) atoms. The van der Waals surface area contributed by atoms with Crippen LogP contribution in [0.4, 0.5) is 0 Å². The topological polar surface area (TPSA) is 79.7 Å². The first-order valence-electron chi connectivity index (χ1n) is 12.8. The summed E-state index contributed by atoms with van der Waals surface area (Å²) in [5, 5.41) is 14.2. The number of nitrogens with zero attached hydrogens (tertiary/aromatic N) is 5. The van der Waals surface area contributed by atoms with Crippen molar-refractivity contribution in [3.05, 3.63) is 51.6 Å². The van der Waals surface area contributed by atoms with E-state index in [-0.39, 0.29) is 11.6 Å². The van der Waals surface area contributed by atoms with Crippen LogP contribution in [0, 0.1) is 6.92 Å². The molecule has 2 fully saturated rings. The average Bonchev–Trinajstić information content (AvgIpc) is 3.52. The Kier molecular flexibility index (Phi) is 6.58. The van der Waals surface area contributed by atoms with Gasteiger partial charge < -0.3 is 4.98 Å². The van der Waals surface area contributed by atoms with Crippen molar-refractivity contribution in [3.63, 3.8) is 0 Å². The Hall–Kier alpha value is -2.54. The number of rotatable bonds is 7. The largest absolute Gasteiger partial charge is 0.322 e. The molecule has 1 atom stereocenters. The van der Waals surface area contributed by atoms with Gasteiger partial charge in [-0.1, -0.05) is 50.7 Å². The number of H-pyrrole nitrogens is 1. The van der Waals surface area contributed by atoms with E-state index in [4.69, 9.17) is 0 Å². The summed E-state index contributed by atoms with van der Waals surface area (Å²) in [6.45, 7) is 4.94. The van der Waals surface area contributed by atoms with Gasteiger partial charge in [-0.3, -0.25) is 9.69 Å². The lowest BCUT2D eigenvalue weighted by molar-refractivity contribution is 0.0830. The van der Waals surface area contributed by atoms with Crippen molar-refractivity contribution in [1.82, 2.24) is 30.1 Å². The van der Waals surface area contributed by atoms with Gasteiger partial charge in [0, 0.05) is 23.7 Å². The Morgan fingerprint density at radius 3 is 2.61 bits per heavy atom. The van der Waals surface area contributed by atoms with Crippen molar-refractivity contribution < 1.29 is 0 Å². The quantitative estimate of drug-likeness (QED) is 0.536. The van der Waals surface area contributed by atoms with Crippen molar-refractivity contribution in [2.45, 2.75) is 103 Å². The van der Waals surface area contributed by atoms with Crippen LogP contribution in [-0.2, 0) is 6.54 Å². The summed E-state index contributed by atoms with van der Waals surface area (Å²) in [6.07, 6.45) is 11.9. The van der Waals surface area contributed by atoms with Gasteiger partial charge >= 0.3 is 0 Å². The first-order valence-corrected chi connectivity index (χ1v) is 12.8. The van der Waals surface area contributed by atoms with Gasteiger partial charge in [-0.05, 0) is 73.0 Å². The molecular weight excluding hydrogens is 412 g/mol. The number of aryl methyl sites for hydroxylation is 1. The molecule has 0 saturated heterocycles. The summed E-state index contributed by atoms with van der Waals surface area (Å²) >= 11 is 0. The third-order valence-electron chi connectivity index (χ3n) is 7.75. The van der Waals surface area contributed by atoms with Gasteiger partial charge in [-0.15, -0.1) is 5.10 Å². The number of hydrogen-bond acceptors (Lipinski definition) is 5. The van der Waals surface area contributed by atoms with E-state index >= 15 is 0 Å². The highest BCUT2D eigenvalue weighted by atomic mass is 16.1. The Bertz CT molecular complexity index is 1140. The molecule has 3 aromatic rings. The van der Waals surface area contributed by atoms with Crippen molar-refractivity contribution in [3.8, 4) is 0 Å². The molecule has 2 heterocycles. The van der Waals surface area contributed by atoms with Crippen LogP contribution in [0.2, 0.25) is 0 Å². The molecular formula is C26H36N6O. The number of pyridine rings is 1. The highest BCUT2D eigenvalue weighted by Crippen LogP contribution is 2.36. The molecule has 7 heteroatoms. The van der Waals surface area contributed by atoms with E-state index in [1.165, 1.54) is 50.5 Å². The average molecular weight is 449 g/mol. The number of aromatic amines is 1.